The van der Waals surface area contributed by atoms with Crippen LogP contribution >= 0.6 is 11.6 Å². The van der Waals surface area contributed by atoms with Crippen molar-refractivity contribution in [3.8, 4) is 0 Å². The van der Waals surface area contributed by atoms with Crippen LogP contribution in [0.4, 0.5) is 13.2 Å². The zero-order valence-electron chi connectivity index (χ0n) is 58.1. The molecule has 5 fully saturated rings. The van der Waals surface area contributed by atoms with Crippen molar-refractivity contribution in [3.05, 3.63) is 34.3 Å². The van der Waals surface area contributed by atoms with Crippen LogP contribution in [0.15, 0.2) is 18.2 Å². The molecule has 28 heteroatoms. The van der Waals surface area contributed by atoms with E-state index in [-0.39, 0.29) is 69.9 Å². The quantitative estimate of drug-likeness (QED) is 0.280. The minimum atomic E-state index is -4.76. The van der Waals surface area contributed by atoms with Gasteiger partial charge in [-0.3, -0.25) is 57.5 Å². The van der Waals surface area contributed by atoms with Crippen LogP contribution in [0.2, 0.25) is 5.02 Å². The van der Waals surface area contributed by atoms with Crippen molar-refractivity contribution in [1.82, 2.24) is 60.0 Å². The Bertz CT molecular complexity index is 3030. The van der Waals surface area contributed by atoms with E-state index in [2.05, 4.69) is 16.0 Å². The SMILES string of the molecule is CC[C@H](C)[C@@H]1NC(=O)[C@H](CC(C)C)N(C)C(=O)C[C@@H](C(=O)N(C)C)N(C)C(=O)[C@H]([C@@H](C)CC)N(C)C(=O)C2(CCCC2)NC(=O)[C@@H]2CCCN2C(=O)[C@H](CCc2ccc(C(F)(F)F)c(Cl)c2)NC(=O)CN(C)C(=O)[C@H](C2CCC2)N(C)C(=O)[C@@H]2CCN2C(=O)[C@H](C)N(C)C1=O. The Hall–Kier alpha value is -7.06. The highest BCUT2D eigenvalue weighted by molar-refractivity contribution is 6.31. The average molecular weight is 1360 g/mol. The molecule has 0 radical (unpaired) electrons. The maximum atomic E-state index is 15.4. The molecule has 24 nitrogen and oxygen atoms in total. The van der Waals surface area contributed by atoms with E-state index < -0.39 is 172 Å². The lowest BCUT2D eigenvalue weighted by molar-refractivity contribution is -0.161. The number of hydrogen-bond acceptors (Lipinski definition) is 12. The number of likely N-dealkylation sites (N-methyl/N-ethyl adjacent to an activating group) is 7. The summed E-state index contributed by atoms with van der Waals surface area (Å²) in [6.07, 6.45) is -0.892. The standard InChI is InChI=1S/C67H102ClF3N12O12/c1-16-39(5)53-62(92)77(11)41(7)58(88)83-33-29-48(83)61(91)80(14)55(43-22-20-23-43)63(93)76(10)37-51(84)72-46(28-26-42-25-27-44(45(68)35-42)67(69,70)71)59(89)82-32-21-24-47(82)57(87)74-66(30-18-19-31-66)65(95)81(15)54(40(6)17-2)64(94)79(13)50(60(90)75(8)9)36-52(85)78(12)49(34-38(3)4)56(86)73-53/h25,27,35,38-41,43,46-50,53-55H,16-24,26,28-34,36-37H2,1-15H3,(H,72,84)(H,73,86)(H,74,87)/t39-,40-,41-,46-,47-,48-,49-,50-,53-,54-,55-/m0/s1. The second-order valence-electron chi connectivity index (χ2n) is 27.8. The predicted molar refractivity (Wildman–Crippen MR) is 348 cm³/mol. The first-order valence-electron chi connectivity index (χ1n) is 33.6. The molecule has 3 saturated heterocycles. The van der Waals surface area contributed by atoms with Crippen LogP contribution in [0.5, 0.6) is 0 Å². The number of aryl methyl sites for hydroxylation is 1. The molecule has 5 aliphatic rings. The summed E-state index contributed by atoms with van der Waals surface area (Å²) in [4.78, 5) is 189. The van der Waals surface area contributed by atoms with Gasteiger partial charge in [-0.2, -0.15) is 13.2 Å². The number of amides is 12. The van der Waals surface area contributed by atoms with Gasteiger partial charge in [0.2, 0.25) is 70.9 Å². The van der Waals surface area contributed by atoms with Crippen molar-refractivity contribution in [2.45, 2.75) is 217 Å². The normalized spacial score (nSPS) is 27.7. The Morgan fingerprint density at radius 1 is 0.684 bits per heavy atom. The van der Waals surface area contributed by atoms with Crippen molar-refractivity contribution < 1.29 is 70.7 Å². The number of benzene rings is 1. The second kappa shape index (κ2) is 32.3. The van der Waals surface area contributed by atoms with Crippen molar-refractivity contribution in [2.24, 2.45) is 23.7 Å². The summed E-state index contributed by atoms with van der Waals surface area (Å²) in [7, 11) is 11.4. The third-order valence-corrected chi connectivity index (χ3v) is 21.0. The van der Waals surface area contributed by atoms with Gasteiger partial charge in [-0.25, -0.2) is 0 Å². The largest absolute Gasteiger partial charge is 0.417 e. The molecular formula is C67H102ClF3N12O12. The molecule has 0 unspecified atom stereocenters. The number of carbonyl (C=O) groups excluding carboxylic acids is 12. The Labute approximate surface area is 562 Å². The molecule has 11 atom stereocenters. The molecule has 3 aliphatic heterocycles. The summed E-state index contributed by atoms with van der Waals surface area (Å²) < 4.78 is 41.4. The highest BCUT2D eigenvalue weighted by atomic mass is 35.5. The Morgan fingerprint density at radius 2 is 1.31 bits per heavy atom. The molecular weight excluding hydrogens is 1260 g/mol. The molecule has 3 heterocycles. The van der Waals surface area contributed by atoms with Crippen LogP contribution in [0.1, 0.15) is 156 Å². The molecule has 3 N–H and O–H groups in total. The van der Waals surface area contributed by atoms with Gasteiger partial charge < -0.3 is 60.0 Å². The number of nitrogens with zero attached hydrogens (tertiary/aromatic N) is 9. The fourth-order valence-corrected chi connectivity index (χ4v) is 14.1. The van der Waals surface area contributed by atoms with Gasteiger partial charge in [0.25, 0.3) is 0 Å². The van der Waals surface area contributed by atoms with Gasteiger partial charge in [0.1, 0.15) is 59.9 Å². The number of rotatable bonds is 11. The van der Waals surface area contributed by atoms with Crippen molar-refractivity contribution in [2.75, 3.05) is 76.0 Å². The first kappa shape index (κ1) is 77.0. The van der Waals surface area contributed by atoms with Crippen molar-refractivity contribution >= 4 is 82.5 Å². The van der Waals surface area contributed by atoms with Crippen LogP contribution in [-0.2, 0) is 70.1 Å². The van der Waals surface area contributed by atoms with Crippen LogP contribution < -0.4 is 16.0 Å². The van der Waals surface area contributed by atoms with Gasteiger partial charge in [-0.15, -0.1) is 0 Å². The maximum Gasteiger partial charge on any atom is 0.417 e. The van der Waals surface area contributed by atoms with Gasteiger partial charge in [0.15, 0.2) is 0 Å². The summed E-state index contributed by atoms with van der Waals surface area (Å²) in [5.41, 5.74) is -2.37. The first-order valence-corrected chi connectivity index (χ1v) is 34.0. The van der Waals surface area contributed by atoms with Gasteiger partial charge in [-0.05, 0) is 112 Å². The van der Waals surface area contributed by atoms with E-state index in [1.54, 1.807) is 13.8 Å². The van der Waals surface area contributed by atoms with E-state index in [1.165, 1.54) is 104 Å². The van der Waals surface area contributed by atoms with Crippen LogP contribution in [0.25, 0.3) is 0 Å². The van der Waals surface area contributed by atoms with Crippen molar-refractivity contribution in [1.29, 1.82) is 0 Å². The molecule has 2 saturated carbocycles. The fourth-order valence-electron chi connectivity index (χ4n) is 13.8. The zero-order chi connectivity index (χ0) is 71.0. The number of nitrogens with one attached hydrogen (secondary N) is 3. The lowest BCUT2D eigenvalue weighted by atomic mass is 9.78. The molecule has 2 aliphatic carbocycles. The van der Waals surface area contributed by atoms with E-state index in [0.717, 1.165) is 28.4 Å². The summed E-state index contributed by atoms with van der Waals surface area (Å²) in [6, 6.07) is -7.88. The van der Waals surface area contributed by atoms with E-state index in [4.69, 9.17) is 11.6 Å². The zero-order valence-corrected chi connectivity index (χ0v) is 58.9. The summed E-state index contributed by atoms with van der Waals surface area (Å²) in [5, 5.41) is 8.07. The topological polar surface area (TPSA) is 270 Å². The minimum Gasteiger partial charge on any atom is -0.347 e. The third-order valence-electron chi connectivity index (χ3n) is 20.7. The van der Waals surface area contributed by atoms with E-state index >= 15 is 14.4 Å². The molecule has 95 heavy (non-hydrogen) atoms. The van der Waals surface area contributed by atoms with Crippen LogP contribution in [0.3, 0.4) is 0 Å². The number of fused-ring (bicyclic) bond motifs is 2. The fraction of sp³-hybridized carbons (Fsp3) is 0.731. The summed E-state index contributed by atoms with van der Waals surface area (Å²) >= 11 is 6.12. The lowest BCUT2D eigenvalue weighted by Crippen LogP contribution is -2.65. The molecule has 1 spiro atoms. The monoisotopic (exact) mass is 1360 g/mol. The first-order chi connectivity index (χ1) is 44.4. The molecule has 530 valence electrons. The number of hydrogen-bond donors (Lipinski definition) is 3. The molecule has 0 aromatic heterocycles. The second-order valence-corrected chi connectivity index (χ2v) is 28.3. The number of alkyl halides is 3. The lowest BCUT2D eigenvalue weighted by Gasteiger charge is -2.46. The van der Waals surface area contributed by atoms with Gasteiger partial charge in [0.05, 0.1) is 23.6 Å². The molecule has 1 aromatic carbocycles. The summed E-state index contributed by atoms with van der Waals surface area (Å²) in [6.45, 7) is 11.9. The average Bonchev–Trinajstić information content (AvgIpc) is 1.21. The predicted octanol–water partition coefficient (Wildman–Crippen LogP) is 4.33. The van der Waals surface area contributed by atoms with Crippen molar-refractivity contribution in [3.63, 3.8) is 0 Å². The Morgan fingerprint density at radius 3 is 1.84 bits per heavy atom. The maximum absolute atomic E-state index is 15.4. The number of halogens is 4. The minimum absolute atomic E-state index is 0.0299. The number of carbonyl (C=O) groups is 12. The van der Waals surface area contributed by atoms with Gasteiger partial charge >= 0.3 is 6.18 Å². The van der Waals surface area contributed by atoms with E-state index in [0.29, 0.717) is 50.5 Å². The highest BCUT2D eigenvalue weighted by Crippen LogP contribution is 2.38. The summed E-state index contributed by atoms with van der Waals surface area (Å²) in [5.74, 6) is -9.47. The van der Waals surface area contributed by atoms with Crippen LogP contribution in [-0.4, -0.2) is 251 Å². The Balaban J connectivity index is 1.42. The molecule has 6 rings (SSSR count). The van der Waals surface area contributed by atoms with Gasteiger partial charge in [-0.1, -0.05) is 91.3 Å². The van der Waals surface area contributed by atoms with E-state index in [1.807, 2.05) is 27.7 Å². The molecule has 1 aromatic rings. The smallest absolute Gasteiger partial charge is 0.347 e. The molecule has 12 amide bonds. The van der Waals surface area contributed by atoms with E-state index in [9.17, 15) is 56.3 Å². The third kappa shape index (κ3) is 17.4. The van der Waals surface area contributed by atoms with Gasteiger partial charge in [0, 0.05) is 69.5 Å². The molecule has 0 bridgehead atoms. The Kier molecular flexibility index (Phi) is 26.2. The van der Waals surface area contributed by atoms with Crippen LogP contribution in [0, 0.1) is 23.7 Å². The highest BCUT2D eigenvalue weighted by Gasteiger charge is 2.52.